The third-order valence-corrected chi connectivity index (χ3v) is 7.15. The number of phenols is 1. The van der Waals surface area contributed by atoms with Gasteiger partial charge >= 0.3 is 0 Å². The molecule has 1 amide bonds. The van der Waals surface area contributed by atoms with E-state index in [-0.39, 0.29) is 34.4 Å². The van der Waals surface area contributed by atoms with Gasteiger partial charge in [-0.2, -0.15) is 5.26 Å². The van der Waals surface area contributed by atoms with Crippen molar-refractivity contribution in [3.05, 3.63) is 113 Å². The first-order valence-corrected chi connectivity index (χ1v) is 14.6. The van der Waals surface area contributed by atoms with Gasteiger partial charge in [0.1, 0.15) is 16.9 Å². The number of aromatic hydroxyl groups is 1. The molecule has 0 spiro atoms. The lowest BCUT2D eigenvalue weighted by molar-refractivity contribution is -0.119. The number of hydrogen-bond acceptors (Lipinski definition) is 7. The molecule has 1 aliphatic rings. The van der Waals surface area contributed by atoms with Gasteiger partial charge in [0.15, 0.2) is 5.82 Å². The maximum absolute atomic E-state index is 13.1. The predicted octanol–water partition coefficient (Wildman–Crippen LogP) is 7.22. The highest BCUT2D eigenvalue weighted by molar-refractivity contribution is 7.83. The van der Waals surface area contributed by atoms with Gasteiger partial charge in [0.25, 0.3) is 5.91 Å². The van der Waals surface area contributed by atoms with Crippen molar-refractivity contribution in [2.45, 2.75) is 34.6 Å². The highest BCUT2D eigenvalue weighted by atomic mass is 31.1. The van der Waals surface area contributed by atoms with E-state index in [4.69, 9.17) is 5.73 Å². The number of rotatable bonds is 5. The number of amides is 1. The Balaban J connectivity index is 0.000000686. The molecule has 9 heteroatoms. The van der Waals surface area contributed by atoms with Crippen molar-refractivity contribution in [2.75, 3.05) is 6.66 Å². The van der Waals surface area contributed by atoms with Crippen LogP contribution in [0.1, 0.15) is 40.2 Å². The second kappa shape index (κ2) is 17.8. The smallest absolute Gasteiger partial charge is 0.282 e. The number of nitroso groups, excluding NO2 is 1. The lowest BCUT2D eigenvalue weighted by Crippen LogP contribution is -2.26. The zero-order valence-corrected chi connectivity index (χ0v) is 24.6. The molecule has 0 aromatic heterocycles. The van der Waals surface area contributed by atoms with E-state index in [0.717, 1.165) is 5.30 Å². The number of nitriles is 1. The lowest BCUT2D eigenvalue weighted by Gasteiger charge is -2.16. The first-order valence-electron chi connectivity index (χ1n) is 12.8. The molecule has 0 saturated heterocycles. The Bertz CT molecular complexity index is 1330. The summed E-state index contributed by atoms with van der Waals surface area (Å²) in [6.07, 6.45) is 1.43. The second-order valence-corrected chi connectivity index (χ2v) is 9.68. The molecule has 1 atom stereocenters. The number of carbonyl (C=O) groups excluding carboxylic acids is 1. The average Bonchev–Trinajstić information content (AvgIpc) is 3.35. The molecule has 0 bridgehead atoms. The van der Waals surface area contributed by atoms with Crippen molar-refractivity contribution in [1.82, 2.24) is 4.90 Å². The van der Waals surface area contributed by atoms with Gasteiger partial charge in [-0.1, -0.05) is 88.4 Å². The van der Waals surface area contributed by atoms with Crippen molar-refractivity contribution in [2.24, 2.45) is 15.9 Å². The van der Waals surface area contributed by atoms with Gasteiger partial charge in [0, 0.05) is 6.20 Å². The van der Waals surface area contributed by atoms with E-state index in [2.05, 4.69) is 10.2 Å². The van der Waals surface area contributed by atoms with Crippen LogP contribution in [0, 0.1) is 16.2 Å². The molecular formula is C31H36N5O3P. The topological polar surface area (TPSA) is 132 Å². The fourth-order valence-corrected chi connectivity index (χ4v) is 4.65. The van der Waals surface area contributed by atoms with Gasteiger partial charge in [-0.15, -0.1) is 4.91 Å². The minimum absolute atomic E-state index is 0.135. The van der Waals surface area contributed by atoms with Crippen LogP contribution >= 0.6 is 7.92 Å². The SMILES string of the molecule is C/C(C#N)=C1/N=C(P(C)c2ccc(O)cc2)C(=O)N1/C=C(\N)c1ccc(N=O)cc1.CC.CC.c1ccccc1. The molecule has 3 N–H and O–H groups in total. The monoisotopic (exact) mass is 557 g/mol. The first-order chi connectivity index (χ1) is 19.3. The molecule has 1 heterocycles. The van der Waals surface area contributed by atoms with Crippen LogP contribution in [-0.4, -0.2) is 28.0 Å². The van der Waals surface area contributed by atoms with E-state index in [1.807, 2.05) is 76.8 Å². The van der Waals surface area contributed by atoms with E-state index >= 15 is 0 Å². The van der Waals surface area contributed by atoms with Gasteiger partial charge in [-0.25, -0.2) is 4.99 Å². The molecule has 8 nitrogen and oxygen atoms in total. The van der Waals surface area contributed by atoms with Crippen molar-refractivity contribution >= 4 is 36.0 Å². The number of allylic oxidation sites excluding steroid dienone is 1. The number of aliphatic imine (C=N–C) groups is 1. The number of phenolic OH excluding ortho intramolecular Hbond substituents is 1. The number of benzene rings is 3. The Morgan fingerprint density at radius 1 is 0.975 bits per heavy atom. The fourth-order valence-electron chi connectivity index (χ4n) is 3.17. The van der Waals surface area contributed by atoms with Gasteiger partial charge in [0.2, 0.25) is 0 Å². The Morgan fingerprint density at radius 3 is 1.93 bits per heavy atom. The molecule has 1 aliphatic heterocycles. The summed E-state index contributed by atoms with van der Waals surface area (Å²) in [5.41, 5.74) is 7.89. The molecular weight excluding hydrogens is 521 g/mol. The molecule has 4 rings (SSSR count). The largest absolute Gasteiger partial charge is 0.508 e. The summed E-state index contributed by atoms with van der Waals surface area (Å²) < 4.78 is 0. The van der Waals surface area contributed by atoms with Crippen LogP contribution in [0.15, 0.2) is 113 Å². The van der Waals surface area contributed by atoms with Crippen LogP contribution < -0.4 is 11.0 Å². The molecule has 40 heavy (non-hydrogen) atoms. The minimum Gasteiger partial charge on any atom is -0.508 e. The van der Waals surface area contributed by atoms with Crippen molar-refractivity contribution in [3.63, 3.8) is 0 Å². The molecule has 208 valence electrons. The van der Waals surface area contributed by atoms with Crippen LogP contribution in [0.5, 0.6) is 5.75 Å². The molecule has 3 aromatic carbocycles. The maximum atomic E-state index is 13.1. The number of nitrogens with zero attached hydrogens (tertiary/aromatic N) is 4. The first kappa shape index (κ1) is 33.4. The molecule has 3 aromatic rings. The van der Waals surface area contributed by atoms with Crippen molar-refractivity contribution in [1.29, 1.82) is 5.26 Å². The summed E-state index contributed by atoms with van der Waals surface area (Å²) in [4.78, 5) is 29.5. The minimum atomic E-state index is -1.11. The molecule has 0 saturated carbocycles. The Morgan fingerprint density at radius 2 is 1.48 bits per heavy atom. The normalized spacial score (nSPS) is 14.0. The van der Waals surface area contributed by atoms with Crippen molar-refractivity contribution < 1.29 is 9.90 Å². The van der Waals surface area contributed by atoms with E-state index in [1.54, 1.807) is 43.3 Å². The second-order valence-electron chi connectivity index (χ2n) is 7.62. The van der Waals surface area contributed by atoms with Gasteiger partial charge < -0.3 is 10.8 Å². The standard InChI is InChI=1S/C21H18N5O3P.C6H6.2C2H6/c1-13(11-22)19-24-20(30(2)17-9-7-16(27)8-10-17)21(28)26(19)12-18(23)14-3-5-15(25-29)6-4-14;1-2-4-6-5-3-1;2*1-2/h3-10,12,27H,23H2,1-2H3;1-6H;2*1-2H3/b18-12-,19-13+;;;. The Kier molecular flexibility index (Phi) is 14.9. The van der Waals surface area contributed by atoms with Gasteiger partial charge in [0.05, 0.1) is 17.3 Å². The molecule has 0 fully saturated rings. The third-order valence-electron chi connectivity index (χ3n) is 5.15. The quantitative estimate of drug-likeness (QED) is 0.194. The van der Waals surface area contributed by atoms with Gasteiger partial charge in [-0.3, -0.25) is 9.69 Å². The molecule has 0 aliphatic carbocycles. The van der Waals surface area contributed by atoms with E-state index in [0.29, 0.717) is 11.0 Å². The third kappa shape index (κ3) is 9.30. The van der Waals surface area contributed by atoms with Crippen LogP contribution in [0.25, 0.3) is 5.70 Å². The molecule has 0 radical (unpaired) electrons. The van der Waals surface area contributed by atoms with E-state index in [9.17, 15) is 20.1 Å². The molecule has 1 unspecified atom stereocenters. The number of hydrogen-bond donors (Lipinski definition) is 2. The number of carbonyl (C=O) groups is 1. The summed E-state index contributed by atoms with van der Waals surface area (Å²) in [6, 6.07) is 26.9. The predicted molar refractivity (Wildman–Crippen MR) is 166 cm³/mol. The average molecular weight is 558 g/mol. The van der Waals surface area contributed by atoms with Crippen molar-refractivity contribution in [3.8, 4) is 11.8 Å². The summed E-state index contributed by atoms with van der Waals surface area (Å²) in [5.74, 6) is -0.00829. The van der Waals surface area contributed by atoms with Crippen LogP contribution in [0.2, 0.25) is 0 Å². The zero-order chi connectivity index (χ0) is 30.1. The van der Waals surface area contributed by atoms with E-state index < -0.39 is 7.92 Å². The Hall–Kier alpha value is -4.60. The lowest BCUT2D eigenvalue weighted by atomic mass is 10.1. The fraction of sp³-hybridized carbons (Fsp3) is 0.194. The van der Waals surface area contributed by atoms with Crippen LogP contribution in [0.4, 0.5) is 5.69 Å². The summed E-state index contributed by atoms with van der Waals surface area (Å²) in [7, 11) is -1.11. The van der Waals surface area contributed by atoms with Gasteiger partial charge in [-0.05, 0) is 61.8 Å². The summed E-state index contributed by atoms with van der Waals surface area (Å²) in [5, 5.41) is 22.6. The highest BCUT2D eigenvalue weighted by Crippen LogP contribution is 2.39. The van der Waals surface area contributed by atoms with Crippen LogP contribution in [0.3, 0.4) is 0 Å². The zero-order valence-electron chi connectivity index (χ0n) is 23.7. The highest BCUT2D eigenvalue weighted by Gasteiger charge is 2.34. The summed E-state index contributed by atoms with van der Waals surface area (Å²) in [6.45, 7) is 11.5. The number of nitrogens with two attached hydrogens (primary N) is 1. The maximum Gasteiger partial charge on any atom is 0.282 e. The van der Waals surface area contributed by atoms with Crippen LogP contribution in [-0.2, 0) is 4.79 Å². The summed E-state index contributed by atoms with van der Waals surface area (Å²) >= 11 is 0. The Labute approximate surface area is 237 Å². The van der Waals surface area contributed by atoms with E-state index in [1.165, 1.54) is 23.2 Å².